The lowest BCUT2D eigenvalue weighted by Gasteiger charge is -2.43. The molecule has 0 spiro atoms. The van der Waals surface area contributed by atoms with Gasteiger partial charge in [0, 0.05) is 23.4 Å². The van der Waals surface area contributed by atoms with E-state index in [4.69, 9.17) is 4.74 Å². The smallest absolute Gasteiger partial charge is 0.310 e. The van der Waals surface area contributed by atoms with Crippen molar-refractivity contribution in [1.82, 2.24) is 9.88 Å². The van der Waals surface area contributed by atoms with E-state index in [2.05, 4.69) is 11.2 Å². The molecule has 2 aliphatic rings. The Labute approximate surface area is 139 Å². The number of methoxy groups -OCH3 is 1. The highest BCUT2D eigenvalue weighted by molar-refractivity contribution is 5.95. The van der Waals surface area contributed by atoms with Gasteiger partial charge in [-0.3, -0.25) is 9.59 Å². The van der Waals surface area contributed by atoms with E-state index >= 15 is 0 Å². The summed E-state index contributed by atoms with van der Waals surface area (Å²) in [4.78, 5) is 28.3. The van der Waals surface area contributed by atoms with Crippen molar-refractivity contribution < 1.29 is 14.3 Å². The molecule has 1 aliphatic carbocycles. The predicted molar refractivity (Wildman–Crippen MR) is 86.4 cm³/mol. The summed E-state index contributed by atoms with van der Waals surface area (Å²) in [7, 11) is 1.38. The molecule has 0 amide bonds. The first-order valence-electron chi connectivity index (χ1n) is 8.00. The number of fused-ring (bicyclic) bond motifs is 2. The molecular formula is C18H17N3O3. The molecule has 122 valence electrons. The topological polar surface area (TPSA) is 86.2 Å². The zero-order chi connectivity index (χ0) is 16.8. The maximum atomic E-state index is 12.0. The largest absolute Gasteiger partial charge is 0.469 e. The van der Waals surface area contributed by atoms with Gasteiger partial charge in [-0.25, -0.2) is 0 Å². The Morgan fingerprint density at radius 2 is 2.33 bits per heavy atom. The first-order valence-corrected chi connectivity index (χ1v) is 8.00. The summed E-state index contributed by atoms with van der Waals surface area (Å²) >= 11 is 0. The van der Waals surface area contributed by atoms with E-state index < -0.39 is 0 Å². The number of H-pyrrole nitrogens is 1. The summed E-state index contributed by atoms with van der Waals surface area (Å²) in [5.41, 5.74) is 3.61. The third-order valence-electron chi connectivity index (χ3n) is 5.41. The normalized spacial score (nSPS) is 25.0. The highest BCUT2D eigenvalue weighted by Crippen LogP contribution is 2.45. The monoisotopic (exact) mass is 323 g/mol. The maximum Gasteiger partial charge on any atom is 0.310 e. The summed E-state index contributed by atoms with van der Waals surface area (Å²) in [6.07, 6.45) is 4.37. The molecular weight excluding hydrogens is 306 g/mol. The van der Waals surface area contributed by atoms with Crippen molar-refractivity contribution in [3.05, 3.63) is 35.0 Å². The van der Waals surface area contributed by atoms with E-state index in [0.717, 1.165) is 28.3 Å². The number of nitriles is 1. The zero-order valence-corrected chi connectivity index (χ0v) is 13.3. The molecule has 2 heterocycles. The van der Waals surface area contributed by atoms with Crippen LogP contribution < -0.4 is 0 Å². The van der Waals surface area contributed by atoms with E-state index in [9.17, 15) is 14.9 Å². The summed E-state index contributed by atoms with van der Waals surface area (Å²) in [6.45, 7) is 0.372. The first kappa shape index (κ1) is 14.8. The number of carbonyl (C=O) groups is 2. The number of benzene rings is 1. The highest BCUT2D eigenvalue weighted by atomic mass is 16.5. The van der Waals surface area contributed by atoms with Crippen LogP contribution in [0.3, 0.4) is 0 Å². The molecule has 1 N–H and O–H groups in total. The summed E-state index contributed by atoms with van der Waals surface area (Å²) in [6, 6.07) is 5.93. The van der Waals surface area contributed by atoms with Crippen LogP contribution in [0.1, 0.15) is 34.0 Å². The lowest BCUT2D eigenvalue weighted by Crippen LogP contribution is -2.49. The average Bonchev–Trinajstić information content (AvgIpc) is 2.99. The SMILES string of the molecule is COC(=O)[C@@H]1CC2c3cccc4[nH]c(C=O)c(c34)C[C@H]2N(C#N)C1. The highest BCUT2D eigenvalue weighted by Gasteiger charge is 2.43. The third-order valence-corrected chi connectivity index (χ3v) is 5.41. The number of rotatable bonds is 2. The molecule has 0 saturated carbocycles. The van der Waals surface area contributed by atoms with Crippen LogP contribution in [-0.2, 0) is 16.0 Å². The van der Waals surface area contributed by atoms with Gasteiger partial charge in [0.15, 0.2) is 12.5 Å². The number of ether oxygens (including phenoxy) is 1. The number of nitrogens with zero attached hydrogens (tertiary/aromatic N) is 2. The number of esters is 1. The van der Waals surface area contributed by atoms with Gasteiger partial charge < -0.3 is 14.6 Å². The van der Waals surface area contributed by atoms with E-state index in [1.54, 1.807) is 4.90 Å². The number of likely N-dealkylation sites (tertiary alicyclic amines) is 1. The van der Waals surface area contributed by atoms with Crippen LogP contribution in [0, 0.1) is 17.4 Å². The quantitative estimate of drug-likeness (QED) is 0.519. The molecule has 0 radical (unpaired) electrons. The van der Waals surface area contributed by atoms with Crippen molar-refractivity contribution in [2.75, 3.05) is 13.7 Å². The minimum Gasteiger partial charge on any atom is -0.469 e. The Kier molecular flexibility index (Phi) is 3.31. The number of piperidine rings is 1. The van der Waals surface area contributed by atoms with E-state index in [-0.39, 0.29) is 23.8 Å². The molecule has 1 aromatic heterocycles. The maximum absolute atomic E-state index is 12.0. The van der Waals surface area contributed by atoms with Crippen LogP contribution in [0.2, 0.25) is 0 Å². The molecule has 1 fully saturated rings. The summed E-state index contributed by atoms with van der Waals surface area (Å²) in [5, 5.41) is 10.6. The Morgan fingerprint density at radius 1 is 1.50 bits per heavy atom. The second-order valence-corrected chi connectivity index (χ2v) is 6.49. The number of aromatic nitrogens is 1. The number of aldehydes is 1. The molecule has 1 saturated heterocycles. The van der Waals surface area contributed by atoms with Gasteiger partial charge in [-0.05, 0) is 30.0 Å². The van der Waals surface area contributed by atoms with Crippen LogP contribution >= 0.6 is 0 Å². The van der Waals surface area contributed by atoms with Crippen molar-refractivity contribution in [3.63, 3.8) is 0 Å². The Morgan fingerprint density at radius 3 is 3.04 bits per heavy atom. The van der Waals surface area contributed by atoms with Crippen LogP contribution in [0.15, 0.2) is 18.2 Å². The van der Waals surface area contributed by atoms with Gasteiger partial charge in [0.2, 0.25) is 0 Å². The fraction of sp³-hybridized carbons (Fsp3) is 0.389. The molecule has 1 unspecified atom stereocenters. The van der Waals surface area contributed by atoms with Crippen LogP contribution in [0.4, 0.5) is 0 Å². The fourth-order valence-electron chi connectivity index (χ4n) is 4.36. The number of carbonyl (C=O) groups excluding carboxylic acids is 2. The van der Waals surface area contributed by atoms with Crippen LogP contribution in [-0.4, -0.2) is 41.8 Å². The summed E-state index contributed by atoms with van der Waals surface area (Å²) < 4.78 is 4.90. The standard InChI is InChI=1S/C18H17N3O3/c1-24-18(23)10-5-12-11-3-2-4-14-17(11)13(15(8-22)20-14)6-16(12)21(7-10)9-19/h2-4,8,10,12,16,20H,5-7H2,1H3/t10-,12?,16-/m1/s1. The molecule has 0 bridgehead atoms. The molecule has 3 atom stereocenters. The van der Waals surface area contributed by atoms with Gasteiger partial charge in [-0.15, -0.1) is 0 Å². The molecule has 1 aromatic carbocycles. The van der Waals surface area contributed by atoms with Crippen LogP contribution in [0.5, 0.6) is 0 Å². The lowest BCUT2D eigenvalue weighted by atomic mass is 9.72. The number of aromatic amines is 1. The average molecular weight is 323 g/mol. The van der Waals surface area contributed by atoms with Gasteiger partial charge in [0.25, 0.3) is 0 Å². The van der Waals surface area contributed by atoms with E-state index in [1.165, 1.54) is 7.11 Å². The summed E-state index contributed by atoms with van der Waals surface area (Å²) in [5.74, 6) is -0.500. The predicted octanol–water partition coefficient (Wildman–Crippen LogP) is 1.96. The van der Waals surface area contributed by atoms with Gasteiger partial charge in [0.1, 0.15) is 0 Å². The number of hydrogen-bond acceptors (Lipinski definition) is 5. The van der Waals surface area contributed by atoms with E-state index in [0.29, 0.717) is 25.1 Å². The minimum absolute atomic E-state index is 0.0245. The van der Waals surface area contributed by atoms with Crippen molar-refractivity contribution >= 4 is 23.2 Å². The Balaban J connectivity index is 1.86. The molecule has 4 rings (SSSR count). The van der Waals surface area contributed by atoms with Crippen molar-refractivity contribution in [2.24, 2.45) is 5.92 Å². The van der Waals surface area contributed by atoms with Crippen molar-refractivity contribution in [1.29, 1.82) is 5.26 Å². The molecule has 6 heteroatoms. The number of nitrogens with one attached hydrogen (secondary N) is 1. The molecule has 1 aliphatic heterocycles. The zero-order valence-electron chi connectivity index (χ0n) is 13.3. The molecule has 6 nitrogen and oxygen atoms in total. The van der Waals surface area contributed by atoms with Gasteiger partial charge >= 0.3 is 5.97 Å². The first-order chi connectivity index (χ1) is 11.7. The minimum atomic E-state index is -0.308. The van der Waals surface area contributed by atoms with Gasteiger partial charge in [0.05, 0.1) is 24.8 Å². The Bertz CT molecular complexity index is 879. The number of hydrogen-bond donors (Lipinski definition) is 1. The second kappa shape index (κ2) is 5.38. The lowest BCUT2D eigenvalue weighted by molar-refractivity contribution is -0.147. The molecule has 2 aromatic rings. The molecule has 24 heavy (non-hydrogen) atoms. The van der Waals surface area contributed by atoms with Crippen LogP contribution in [0.25, 0.3) is 10.9 Å². The third kappa shape index (κ3) is 1.94. The van der Waals surface area contributed by atoms with Crippen molar-refractivity contribution in [3.8, 4) is 6.19 Å². The fourth-order valence-corrected chi connectivity index (χ4v) is 4.36. The second-order valence-electron chi connectivity index (χ2n) is 6.49. The van der Waals surface area contributed by atoms with Gasteiger partial charge in [-0.1, -0.05) is 12.1 Å². The van der Waals surface area contributed by atoms with Crippen molar-refractivity contribution in [2.45, 2.75) is 24.8 Å². The van der Waals surface area contributed by atoms with Gasteiger partial charge in [-0.2, -0.15) is 5.26 Å². The van der Waals surface area contributed by atoms with E-state index in [1.807, 2.05) is 18.2 Å². The Hall–Kier alpha value is -2.81.